The van der Waals surface area contributed by atoms with E-state index < -0.39 is 0 Å². The zero-order valence-electron chi connectivity index (χ0n) is 6.67. The van der Waals surface area contributed by atoms with Crippen LogP contribution in [0.5, 0.6) is 0 Å². The Morgan fingerprint density at radius 2 is 0.692 bits per heavy atom. The number of halogens is 2. The summed E-state index contributed by atoms with van der Waals surface area (Å²) in [4.78, 5) is 0. The minimum absolute atomic E-state index is 0. The molecule has 0 unspecified atom stereocenters. The molecule has 1 radical (unpaired) electrons. The first-order valence-electron chi connectivity index (χ1n) is 2.41. The Morgan fingerprint density at radius 1 is 0.615 bits per heavy atom. The van der Waals surface area contributed by atoms with Gasteiger partial charge in [-0.1, -0.05) is 0 Å². The van der Waals surface area contributed by atoms with Crippen molar-refractivity contribution in [2.75, 3.05) is 26.4 Å². The molecule has 0 fully saturated rings. The molecule has 13 heavy (non-hydrogen) atoms. The Morgan fingerprint density at radius 3 is 0.692 bits per heavy atom. The number of aliphatic hydroxyl groups excluding tert-OH is 4. The molecule has 0 rings (SSSR count). The van der Waals surface area contributed by atoms with Gasteiger partial charge in [-0.25, -0.2) is 0 Å². The average Bonchev–Trinajstić information content (AvgIpc) is 2.08. The molecule has 0 bridgehead atoms. The molecule has 0 saturated heterocycles. The molecule has 9 heteroatoms. The minimum Gasteiger partial charge on any atom is -0.412 e. The Balaban J connectivity index is -0.0000000133. The predicted molar refractivity (Wildman–Crippen MR) is 63.6 cm³/mol. The molecule has 0 aromatic carbocycles. The van der Waals surface area contributed by atoms with Gasteiger partial charge in [-0.2, -0.15) is 0 Å². The van der Waals surface area contributed by atoms with Crippen molar-refractivity contribution in [3.05, 3.63) is 0 Å². The van der Waals surface area contributed by atoms with Crippen LogP contribution in [0.2, 0.25) is 0 Å². The van der Waals surface area contributed by atoms with E-state index in [9.17, 15) is 0 Å². The number of rotatable bonds is 2. The molecule has 0 aliphatic heterocycles. The van der Waals surface area contributed by atoms with E-state index in [-0.39, 0.29) is 54.4 Å². The summed E-state index contributed by atoms with van der Waals surface area (Å²) in [5.74, 6) is 0. The van der Waals surface area contributed by atoms with Crippen LogP contribution in [0, 0.1) is 0 Å². The Bertz CT molecular complexity index is 30.6. The van der Waals surface area contributed by atoms with Gasteiger partial charge in [-0.05, 0) is 0 Å². The molecule has 0 aliphatic rings. The second-order valence-electron chi connectivity index (χ2n) is 0.894. The molecular weight excluding hydrogens is 461 g/mol. The smallest absolute Gasteiger partial charge is 0.0662 e. The monoisotopic (exact) mass is 477 g/mol. The summed E-state index contributed by atoms with van der Waals surface area (Å²) >= 11 is 4.24. The van der Waals surface area contributed by atoms with Crippen molar-refractivity contribution in [1.82, 2.24) is 0 Å². The quantitative estimate of drug-likeness (QED) is 0.271. The van der Waals surface area contributed by atoms with Gasteiger partial charge in [0.15, 0.2) is 0 Å². The zero-order valence-corrected chi connectivity index (χ0v) is 11.9. The van der Waals surface area contributed by atoms with Gasteiger partial charge >= 0.3 is 0 Å². The second-order valence-corrected chi connectivity index (χ2v) is 0.894. The molecule has 6 nitrogen and oxygen atoms in total. The summed E-state index contributed by atoms with van der Waals surface area (Å²) in [6.45, 7) is -0.500. The predicted octanol–water partition coefficient (Wildman–Crippen LogP) is -1.94. The summed E-state index contributed by atoms with van der Waals surface area (Å²) in [5.41, 5.74) is 0. The summed E-state index contributed by atoms with van der Waals surface area (Å²) in [6.07, 6.45) is 0. The number of aliphatic hydroxyl groups is 4. The fourth-order valence-electron chi connectivity index (χ4n) is 0. The van der Waals surface area contributed by atoms with Crippen molar-refractivity contribution in [1.29, 1.82) is 0 Å². The van der Waals surface area contributed by atoms with E-state index in [2.05, 4.69) is 37.2 Å². The third-order valence-electron chi connectivity index (χ3n) is 0.200. The van der Waals surface area contributed by atoms with Gasteiger partial charge in [0.2, 0.25) is 0 Å². The largest absolute Gasteiger partial charge is 0.412 e. The van der Waals surface area contributed by atoms with Crippen LogP contribution in [-0.2, 0) is 17.1 Å². The van der Waals surface area contributed by atoms with Gasteiger partial charge in [-0.3, -0.25) is 0 Å². The van der Waals surface area contributed by atoms with Crippen molar-refractivity contribution >= 4 is 37.2 Å². The maximum atomic E-state index is 7.62. The fraction of sp³-hybridized carbons (Fsp3) is 1.00. The van der Waals surface area contributed by atoms with E-state index in [4.69, 9.17) is 20.4 Å². The van der Waals surface area contributed by atoms with Crippen molar-refractivity contribution < 1.29 is 48.4 Å². The van der Waals surface area contributed by atoms with E-state index in [0.717, 1.165) is 0 Å². The molecule has 93 valence electrons. The molecular formula is C4H16CuI2O6. The van der Waals surface area contributed by atoms with Gasteiger partial charge in [0.1, 0.15) is 0 Å². The fourth-order valence-corrected chi connectivity index (χ4v) is 0. The molecule has 0 amide bonds. The molecule has 0 aromatic heterocycles. The Hall–Kier alpha value is 1.74. The zero-order chi connectivity index (χ0) is 8.83. The van der Waals surface area contributed by atoms with Gasteiger partial charge in [0.05, 0.1) is 26.4 Å². The van der Waals surface area contributed by atoms with E-state index in [0.29, 0.717) is 0 Å². The number of hydrogen-bond donors (Lipinski definition) is 4. The van der Waals surface area contributed by atoms with Crippen LogP contribution in [0.1, 0.15) is 0 Å². The molecule has 0 aromatic rings. The standard InChI is InChI=1S/2C2H6O2.Cu.I2.2H2O/c2*3-1-2-4;;1-2;;/h2*3-4H,1-2H2;;;2*1H2. The average molecular weight is 478 g/mol. The summed E-state index contributed by atoms with van der Waals surface area (Å²) < 4.78 is 0. The normalized spacial score (nSPS) is 5.08. The van der Waals surface area contributed by atoms with Crippen molar-refractivity contribution in [3.8, 4) is 0 Å². The Labute approximate surface area is 111 Å². The van der Waals surface area contributed by atoms with Gasteiger partial charge in [0, 0.05) is 54.3 Å². The van der Waals surface area contributed by atoms with Gasteiger partial charge < -0.3 is 31.4 Å². The molecule has 0 saturated carbocycles. The maximum absolute atomic E-state index is 7.62. The minimum atomic E-state index is -0.125. The first-order valence-corrected chi connectivity index (χ1v) is 8.69. The maximum Gasteiger partial charge on any atom is 0.0662 e. The summed E-state index contributed by atoms with van der Waals surface area (Å²) in [6, 6.07) is 0. The van der Waals surface area contributed by atoms with Gasteiger partial charge in [0.25, 0.3) is 0 Å². The second kappa shape index (κ2) is 67.7. The van der Waals surface area contributed by atoms with Crippen LogP contribution < -0.4 is 0 Å². The molecule has 0 spiro atoms. The van der Waals surface area contributed by atoms with Crippen molar-refractivity contribution in [3.63, 3.8) is 0 Å². The van der Waals surface area contributed by atoms with E-state index in [1.165, 1.54) is 0 Å². The molecule has 0 aliphatic carbocycles. The van der Waals surface area contributed by atoms with E-state index in [1.807, 2.05) is 0 Å². The van der Waals surface area contributed by atoms with Crippen LogP contribution in [0.4, 0.5) is 0 Å². The SMILES string of the molecule is II.O.O.OCCO.OCCO.[Cu]. The molecule has 0 atom stereocenters. The van der Waals surface area contributed by atoms with Crippen molar-refractivity contribution in [2.24, 2.45) is 0 Å². The van der Waals surface area contributed by atoms with Crippen LogP contribution >= 0.6 is 37.2 Å². The van der Waals surface area contributed by atoms with Gasteiger partial charge in [-0.15, -0.1) is 0 Å². The molecule has 0 heterocycles. The summed E-state index contributed by atoms with van der Waals surface area (Å²) in [5, 5.41) is 30.5. The number of hydrogen-bond acceptors (Lipinski definition) is 4. The van der Waals surface area contributed by atoms with Crippen molar-refractivity contribution in [2.45, 2.75) is 0 Å². The molecule has 8 N–H and O–H groups in total. The first-order chi connectivity index (χ1) is 4.83. The third-order valence-corrected chi connectivity index (χ3v) is 0.200. The topological polar surface area (TPSA) is 144 Å². The van der Waals surface area contributed by atoms with Crippen LogP contribution in [0.3, 0.4) is 0 Å². The van der Waals surface area contributed by atoms with E-state index >= 15 is 0 Å². The van der Waals surface area contributed by atoms with E-state index in [1.54, 1.807) is 0 Å². The first kappa shape index (κ1) is 36.4. The third kappa shape index (κ3) is 135. The van der Waals surface area contributed by atoms with Crippen LogP contribution in [0.25, 0.3) is 0 Å². The summed E-state index contributed by atoms with van der Waals surface area (Å²) in [7, 11) is 0. The Kier molecular flexibility index (Phi) is 190. The van der Waals surface area contributed by atoms with Crippen LogP contribution in [-0.4, -0.2) is 57.8 Å². The van der Waals surface area contributed by atoms with Crippen LogP contribution in [0.15, 0.2) is 0 Å².